The number of carbonyl (C=O) groups is 1. The van der Waals surface area contributed by atoms with Gasteiger partial charge in [-0.3, -0.25) is 4.79 Å². The molecule has 0 radical (unpaired) electrons. The van der Waals surface area contributed by atoms with Gasteiger partial charge in [0.2, 0.25) is 10.0 Å². The summed E-state index contributed by atoms with van der Waals surface area (Å²) >= 11 is 1.67. The predicted molar refractivity (Wildman–Crippen MR) is 116 cm³/mol. The normalized spacial score (nSPS) is 11.8. The Bertz CT molecular complexity index is 1050. The number of rotatable bonds is 9. The average Bonchev–Trinajstić information content (AvgIpc) is 3.12. The standard InChI is InChI=1S/C20H24N4O3S2/c1-23(29(2,26)27)12-5-11-21-20(25)16-7-9-18(10-8-16)28-15-17-14-24-13-4-3-6-19(24)22-17/h3-4,6-10,13-14H,5,11-12,15H2,1-2H3,(H,21,25). The van der Waals surface area contributed by atoms with Gasteiger partial charge in [0.25, 0.3) is 5.91 Å². The monoisotopic (exact) mass is 432 g/mol. The Hall–Kier alpha value is -2.36. The minimum absolute atomic E-state index is 0.163. The van der Waals surface area contributed by atoms with E-state index in [1.165, 1.54) is 17.6 Å². The van der Waals surface area contributed by atoms with Crippen LogP contribution in [0.4, 0.5) is 0 Å². The number of nitrogens with zero attached hydrogens (tertiary/aromatic N) is 3. The van der Waals surface area contributed by atoms with Gasteiger partial charge in [-0.15, -0.1) is 11.8 Å². The van der Waals surface area contributed by atoms with E-state index in [4.69, 9.17) is 0 Å². The number of aromatic nitrogens is 2. The summed E-state index contributed by atoms with van der Waals surface area (Å²) in [7, 11) is -1.65. The molecule has 0 aliphatic carbocycles. The van der Waals surface area contributed by atoms with Crippen LogP contribution in [0.5, 0.6) is 0 Å². The van der Waals surface area contributed by atoms with Crippen LogP contribution >= 0.6 is 11.8 Å². The van der Waals surface area contributed by atoms with Crippen molar-refractivity contribution in [3.8, 4) is 0 Å². The Morgan fingerprint density at radius 1 is 1.21 bits per heavy atom. The minimum Gasteiger partial charge on any atom is -0.352 e. The van der Waals surface area contributed by atoms with Crippen molar-refractivity contribution in [2.24, 2.45) is 0 Å². The zero-order chi connectivity index (χ0) is 20.9. The minimum atomic E-state index is -3.18. The fourth-order valence-electron chi connectivity index (χ4n) is 2.69. The van der Waals surface area contributed by atoms with E-state index in [0.29, 0.717) is 25.1 Å². The molecule has 2 aromatic heterocycles. The molecule has 0 saturated heterocycles. The van der Waals surface area contributed by atoms with Gasteiger partial charge in [-0.2, -0.15) is 0 Å². The van der Waals surface area contributed by atoms with E-state index in [0.717, 1.165) is 22.0 Å². The van der Waals surface area contributed by atoms with Gasteiger partial charge < -0.3 is 9.72 Å². The highest BCUT2D eigenvalue weighted by molar-refractivity contribution is 7.98. The van der Waals surface area contributed by atoms with E-state index in [-0.39, 0.29) is 5.91 Å². The van der Waals surface area contributed by atoms with Crippen LogP contribution in [-0.4, -0.2) is 54.4 Å². The Kier molecular flexibility index (Phi) is 6.94. The Morgan fingerprint density at radius 3 is 2.66 bits per heavy atom. The van der Waals surface area contributed by atoms with E-state index in [1.54, 1.807) is 23.9 Å². The summed E-state index contributed by atoms with van der Waals surface area (Å²) < 4.78 is 25.9. The number of thioether (sulfide) groups is 1. The van der Waals surface area contributed by atoms with E-state index < -0.39 is 10.0 Å². The highest BCUT2D eigenvalue weighted by atomic mass is 32.2. The van der Waals surface area contributed by atoms with Crippen LogP contribution in [0.2, 0.25) is 0 Å². The molecule has 0 aliphatic heterocycles. The molecule has 0 bridgehead atoms. The third-order valence-electron chi connectivity index (χ3n) is 4.42. The lowest BCUT2D eigenvalue weighted by Crippen LogP contribution is -2.30. The summed E-state index contributed by atoms with van der Waals surface area (Å²) in [6.07, 6.45) is 5.72. The molecule has 0 unspecified atom stereocenters. The van der Waals surface area contributed by atoms with Crippen LogP contribution < -0.4 is 5.32 Å². The van der Waals surface area contributed by atoms with Crippen LogP contribution in [0.3, 0.4) is 0 Å². The number of nitrogens with one attached hydrogen (secondary N) is 1. The molecule has 1 amide bonds. The molecular weight excluding hydrogens is 408 g/mol. The fourth-order valence-corrected chi connectivity index (χ4v) is 3.93. The maximum Gasteiger partial charge on any atom is 0.251 e. The Balaban J connectivity index is 1.46. The molecule has 2 heterocycles. The van der Waals surface area contributed by atoms with Crippen molar-refractivity contribution in [2.75, 3.05) is 26.4 Å². The molecular formula is C20H24N4O3S2. The third kappa shape index (κ3) is 6.06. The zero-order valence-corrected chi connectivity index (χ0v) is 18.0. The summed E-state index contributed by atoms with van der Waals surface area (Å²) in [6.45, 7) is 0.792. The quantitative estimate of drug-likeness (QED) is 0.415. The van der Waals surface area contributed by atoms with Crippen LogP contribution in [0.25, 0.3) is 5.65 Å². The first-order chi connectivity index (χ1) is 13.8. The SMILES string of the molecule is CN(CCCNC(=O)c1ccc(SCc2cn3ccccc3n2)cc1)S(C)(=O)=O. The smallest absolute Gasteiger partial charge is 0.251 e. The molecule has 1 N–H and O–H groups in total. The number of fused-ring (bicyclic) bond motifs is 1. The zero-order valence-electron chi connectivity index (χ0n) is 16.4. The molecule has 0 saturated carbocycles. The molecule has 3 rings (SSSR count). The lowest BCUT2D eigenvalue weighted by atomic mass is 10.2. The summed E-state index contributed by atoms with van der Waals surface area (Å²) in [4.78, 5) is 17.9. The number of benzene rings is 1. The van der Waals surface area contributed by atoms with Gasteiger partial charge in [0.05, 0.1) is 11.9 Å². The summed E-state index contributed by atoms with van der Waals surface area (Å²) in [5.41, 5.74) is 2.51. The number of imidazole rings is 1. The van der Waals surface area contributed by atoms with E-state index in [2.05, 4.69) is 10.3 Å². The van der Waals surface area contributed by atoms with Gasteiger partial charge in [-0.05, 0) is 42.8 Å². The van der Waals surface area contributed by atoms with Gasteiger partial charge in [-0.1, -0.05) is 6.07 Å². The third-order valence-corrected chi connectivity index (χ3v) is 6.78. The topological polar surface area (TPSA) is 83.8 Å². The molecule has 29 heavy (non-hydrogen) atoms. The van der Waals surface area contributed by atoms with Crippen molar-refractivity contribution in [2.45, 2.75) is 17.1 Å². The van der Waals surface area contributed by atoms with Crippen molar-refractivity contribution >= 4 is 33.3 Å². The maximum absolute atomic E-state index is 12.2. The Morgan fingerprint density at radius 2 is 1.97 bits per heavy atom. The largest absolute Gasteiger partial charge is 0.352 e. The molecule has 154 valence electrons. The fraction of sp³-hybridized carbons (Fsp3) is 0.300. The number of hydrogen-bond donors (Lipinski definition) is 1. The van der Waals surface area contributed by atoms with Crippen molar-refractivity contribution in [1.29, 1.82) is 0 Å². The molecule has 7 nitrogen and oxygen atoms in total. The average molecular weight is 433 g/mol. The van der Waals surface area contributed by atoms with Crippen molar-refractivity contribution in [3.05, 3.63) is 66.1 Å². The van der Waals surface area contributed by atoms with Crippen molar-refractivity contribution in [3.63, 3.8) is 0 Å². The molecule has 0 fully saturated rings. The second-order valence-corrected chi connectivity index (χ2v) is 9.84. The van der Waals surface area contributed by atoms with Gasteiger partial charge in [-0.25, -0.2) is 17.7 Å². The number of amides is 1. The number of sulfonamides is 1. The van der Waals surface area contributed by atoms with E-state index in [1.807, 2.05) is 47.1 Å². The lowest BCUT2D eigenvalue weighted by molar-refractivity contribution is 0.0953. The van der Waals surface area contributed by atoms with Crippen LogP contribution in [-0.2, 0) is 15.8 Å². The van der Waals surface area contributed by atoms with Gasteiger partial charge >= 0.3 is 0 Å². The van der Waals surface area contributed by atoms with Gasteiger partial charge in [0, 0.05) is 48.7 Å². The summed E-state index contributed by atoms with van der Waals surface area (Å²) in [6, 6.07) is 13.3. The van der Waals surface area contributed by atoms with Crippen LogP contribution in [0.15, 0.2) is 59.8 Å². The molecule has 0 spiro atoms. The highest BCUT2D eigenvalue weighted by Crippen LogP contribution is 2.23. The maximum atomic E-state index is 12.2. The Labute approximate surface area is 175 Å². The van der Waals surface area contributed by atoms with E-state index >= 15 is 0 Å². The first-order valence-electron chi connectivity index (χ1n) is 9.18. The molecule has 9 heteroatoms. The number of pyridine rings is 1. The summed E-state index contributed by atoms with van der Waals surface area (Å²) in [5, 5.41) is 2.82. The second kappa shape index (κ2) is 9.43. The number of hydrogen-bond acceptors (Lipinski definition) is 5. The van der Waals surface area contributed by atoms with Gasteiger partial charge in [0.1, 0.15) is 5.65 Å². The first-order valence-corrected chi connectivity index (χ1v) is 12.0. The van der Waals surface area contributed by atoms with Crippen molar-refractivity contribution < 1.29 is 13.2 Å². The lowest BCUT2D eigenvalue weighted by Gasteiger charge is -2.13. The molecule has 0 atom stereocenters. The molecule has 0 aliphatic rings. The van der Waals surface area contributed by atoms with E-state index in [9.17, 15) is 13.2 Å². The molecule has 1 aromatic carbocycles. The summed E-state index contributed by atoms with van der Waals surface area (Å²) in [5.74, 6) is 0.588. The second-order valence-electron chi connectivity index (χ2n) is 6.71. The molecule has 3 aromatic rings. The first kappa shape index (κ1) is 21.4. The van der Waals surface area contributed by atoms with Crippen LogP contribution in [0, 0.1) is 0 Å². The van der Waals surface area contributed by atoms with Crippen molar-refractivity contribution in [1.82, 2.24) is 19.0 Å². The predicted octanol–water partition coefficient (Wildman–Crippen LogP) is 2.64. The van der Waals surface area contributed by atoms with Crippen LogP contribution in [0.1, 0.15) is 22.5 Å². The highest BCUT2D eigenvalue weighted by Gasteiger charge is 2.10. The number of carbonyl (C=O) groups excluding carboxylic acids is 1. The van der Waals surface area contributed by atoms with Gasteiger partial charge in [0.15, 0.2) is 0 Å².